The lowest BCUT2D eigenvalue weighted by Crippen LogP contribution is -2.02. The van der Waals surface area contributed by atoms with Crippen molar-refractivity contribution < 1.29 is 0 Å². The summed E-state index contributed by atoms with van der Waals surface area (Å²) in [5.74, 6) is 1.86. The minimum absolute atomic E-state index is 0.616. The highest BCUT2D eigenvalue weighted by Gasteiger charge is 2.22. The van der Waals surface area contributed by atoms with Gasteiger partial charge in [0.2, 0.25) is 0 Å². The fraction of sp³-hybridized carbons (Fsp3) is 0. The Balaban J connectivity index is 1.03. The van der Waals surface area contributed by atoms with Crippen LogP contribution in [0.4, 0.5) is 0 Å². The van der Waals surface area contributed by atoms with Gasteiger partial charge in [0.15, 0.2) is 17.5 Å². The summed E-state index contributed by atoms with van der Waals surface area (Å²) in [4.78, 5) is 15.7. The number of fused-ring (bicyclic) bond motifs is 10. The smallest absolute Gasteiger partial charge is 0.164 e. The second kappa shape index (κ2) is 15.2. The van der Waals surface area contributed by atoms with Crippen LogP contribution in [0.5, 0.6) is 0 Å². The molecule has 68 heavy (non-hydrogen) atoms. The fourth-order valence-electron chi connectivity index (χ4n) is 10.5. The Hall–Kier alpha value is -9.19. The van der Waals surface area contributed by atoms with Gasteiger partial charge in [0.1, 0.15) is 0 Å². The maximum Gasteiger partial charge on any atom is 0.164 e. The molecule has 5 nitrogen and oxygen atoms in total. The molecule has 14 aromatic rings. The number of para-hydroxylation sites is 1. The topological polar surface area (TPSA) is 48.5 Å². The van der Waals surface area contributed by atoms with E-state index in [1.165, 1.54) is 48.6 Å². The standard InChI is InChI=1S/C63H39N5/c1-3-15-40(16-4-1)42-27-29-45(30-28-42)62-64-61(44-19-5-2-6-20-44)65-63(66-62)54-37-49(36-47-22-10-11-23-50(47)54)68-56-26-14-13-25-52(56)53-38-55-59(39-58(53)68)67(48-33-31-41-17-7-8-21-46(41)35-48)57-34-32-43-18-9-12-24-51(43)60(55)57/h1-39H. The molecular weight excluding hydrogens is 827 g/mol. The van der Waals surface area contributed by atoms with E-state index >= 15 is 0 Å². The van der Waals surface area contributed by atoms with Gasteiger partial charge in [-0.1, -0.05) is 188 Å². The van der Waals surface area contributed by atoms with E-state index in [2.05, 4.69) is 221 Å². The van der Waals surface area contributed by atoms with Gasteiger partial charge in [-0.05, 0) is 92.0 Å². The first-order chi connectivity index (χ1) is 33.7. The van der Waals surface area contributed by atoms with E-state index in [-0.39, 0.29) is 0 Å². The third kappa shape index (κ3) is 6.06. The van der Waals surface area contributed by atoms with Gasteiger partial charge in [-0.3, -0.25) is 0 Å². The molecule has 0 N–H and O–H groups in total. The highest BCUT2D eigenvalue weighted by Crippen LogP contribution is 2.43. The van der Waals surface area contributed by atoms with Gasteiger partial charge in [-0.15, -0.1) is 0 Å². The van der Waals surface area contributed by atoms with Crippen molar-refractivity contribution in [1.82, 2.24) is 24.1 Å². The Bertz CT molecular complexity index is 4300. The fourth-order valence-corrected chi connectivity index (χ4v) is 10.5. The van der Waals surface area contributed by atoms with Crippen LogP contribution in [0.15, 0.2) is 237 Å². The highest BCUT2D eigenvalue weighted by molar-refractivity contribution is 6.25. The van der Waals surface area contributed by atoms with E-state index in [1.54, 1.807) is 0 Å². The molecule has 3 heterocycles. The Morgan fingerprint density at radius 1 is 0.250 bits per heavy atom. The highest BCUT2D eigenvalue weighted by atomic mass is 15.0. The molecule has 0 spiro atoms. The summed E-state index contributed by atoms with van der Waals surface area (Å²) in [6.07, 6.45) is 0. The van der Waals surface area contributed by atoms with Crippen LogP contribution in [-0.4, -0.2) is 24.1 Å². The van der Waals surface area contributed by atoms with Gasteiger partial charge in [0.05, 0.1) is 22.1 Å². The number of rotatable bonds is 6. The van der Waals surface area contributed by atoms with Crippen LogP contribution in [-0.2, 0) is 0 Å². The second-order valence-corrected chi connectivity index (χ2v) is 17.6. The summed E-state index contributed by atoms with van der Waals surface area (Å²) < 4.78 is 4.89. The average Bonchev–Trinajstić information content (AvgIpc) is 3.92. The van der Waals surface area contributed by atoms with Crippen molar-refractivity contribution in [3.8, 4) is 56.7 Å². The first-order valence-electron chi connectivity index (χ1n) is 23.1. The van der Waals surface area contributed by atoms with E-state index in [0.29, 0.717) is 17.5 Å². The first kappa shape index (κ1) is 38.1. The van der Waals surface area contributed by atoms with Crippen LogP contribution < -0.4 is 0 Å². The predicted octanol–water partition coefficient (Wildman–Crippen LogP) is 16.2. The lowest BCUT2D eigenvalue weighted by Gasteiger charge is -2.15. The quantitative estimate of drug-likeness (QED) is 0.167. The van der Waals surface area contributed by atoms with Crippen LogP contribution in [0.1, 0.15) is 0 Å². The van der Waals surface area contributed by atoms with Crippen LogP contribution >= 0.6 is 0 Å². The van der Waals surface area contributed by atoms with Crippen LogP contribution in [0.3, 0.4) is 0 Å². The average molecular weight is 866 g/mol. The Morgan fingerprint density at radius 3 is 1.56 bits per heavy atom. The monoisotopic (exact) mass is 865 g/mol. The molecule has 316 valence electrons. The maximum absolute atomic E-state index is 5.32. The number of hydrogen-bond donors (Lipinski definition) is 0. The lowest BCUT2D eigenvalue weighted by atomic mass is 10.0. The van der Waals surface area contributed by atoms with Crippen molar-refractivity contribution in [2.45, 2.75) is 0 Å². The normalized spacial score (nSPS) is 11.8. The van der Waals surface area contributed by atoms with Crippen molar-refractivity contribution in [3.05, 3.63) is 237 Å². The van der Waals surface area contributed by atoms with E-state index < -0.39 is 0 Å². The largest absolute Gasteiger partial charge is 0.309 e. The van der Waals surface area contributed by atoms with Gasteiger partial charge < -0.3 is 9.13 Å². The molecule has 0 atom stereocenters. The Morgan fingerprint density at radius 2 is 0.779 bits per heavy atom. The number of aromatic nitrogens is 5. The molecular formula is C63H39N5. The molecule has 0 fully saturated rings. The summed E-state index contributed by atoms with van der Waals surface area (Å²) in [5.41, 5.74) is 11.8. The minimum Gasteiger partial charge on any atom is -0.309 e. The molecule has 0 aliphatic heterocycles. The van der Waals surface area contributed by atoms with Crippen LogP contribution in [0.25, 0.3) is 133 Å². The van der Waals surface area contributed by atoms with Gasteiger partial charge in [0, 0.05) is 49.6 Å². The zero-order chi connectivity index (χ0) is 44.7. The molecule has 14 rings (SSSR count). The van der Waals surface area contributed by atoms with Gasteiger partial charge >= 0.3 is 0 Å². The molecule has 0 unspecified atom stereocenters. The number of benzene rings is 11. The molecule has 0 saturated carbocycles. The zero-order valence-corrected chi connectivity index (χ0v) is 36.8. The van der Waals surface area contributed by atoms with Crippen molar-refractivity contribution in [2.24, 2.45) is 0 Å². The molecule has 0 bridgehead atoms. The SMILES string of the molecule is c1ccc(-c2ccc(-c3nc(-c4ccccc4)nc(-c4cc(-n5c6ccccc6c6cc7c8c9ccccc9ccc8n(-c8ccc9ccccc9c8)c7cc65)cc5ccccc45)n3)cc2)cc1. The molecule has 5 heteroatoms. The van der Waals surface area contributed by atoms with Crippen molar-refractivity contribution in [2.75, 3.05) is 0 Å². The van der Waals surface area contributed by atoms with E-state index in [1.807, 2.05) is 24.3 Å². The van der Waals surface area contributed by atoms with E-state index in [0.717, 1.165) is 66.5 Å². The molecule has 0 saturated heterocycles. The van der Waals surface area contributed by atoms with E-state index in [4.69, 9.17) is 15.0 Å². The van der Waals surface area contributed by atoms with E-state index in [9.17, 15) is 0 Å². The molecule has 0 aliphatic carbocycles. The lowest BCUT2D eigenvalue weighted by molar-refractivity contribution is 1.07. The zero-order valence-electron chi connectivity index (χ0n) is 36.8. The summed E-state index contributed by atoms with van der Waals surface area (Å²) in [6, 6.07) is 84.8. The maximum atomic E-state index is 5.32. The third-order valence-corrected chi connectivity index (χ3v) is 13.7. The Kier molecular flexibility index (Phi) is 8.52. The van der Waals surface area contributed by atoms with Crippen LogP contribution in [0, 0.1) is 0 Å². The van der Waals surface area contributed by atoms with Crippen LogP contribution in [0.2, 0.25) is 0 Å². The second-order valence-electron chi connectivity index (χ2n) is 17.6. The molecule has 0 amide bonds. The third-order valence-electron chi connectivity index (χ3n) is 13.7. The summed E-state index contributed by atoms with van der Waals surface area (Å²) in [6.45, 7) is 0. The molecule has 0 aliphatic rings. The molecule has 11 aromatic carbocycles. The predicted molar refractivity (Wildman–Crippen MR) is 283 cm³/mol. The van der Waals surface area contributed by atoms with Crippen molar-refractivity contribution in [1.29, 1.82) is 0 Å². The summed E-state index contributed by atoms with van der Waals surface area (Å²) in [5, 5.41) is 11.9. The van der Waals surface area contributed by atoms with Gasteiger partial charge in [0.25, 0.3) is 0 Å². The Labute approximate surface area is 391 Å². The minimum atomic E-state index is 0.616. The number of nitrogens with zero attached hydrogens (tertiary/aromatic N) is 5. The summed E-state index contributed by atoms with van der Waals surface area (Å²) in [7, 11) is 0. The molecule has 0 radical (unpaired) electrons. The number of hydrogen-bond acceptors (Lipinski definition) is 3. The first-order valence-corrected chi connectivity index (χ1v) is 23.1. The molecule has 3 aromatic heterocycles. The van der Waals surface area contributed by atoms with Gasteiger partial charge in [-0.2, -0.15) is 0 Å². The van der Waals surface area contributed by atoms with Crippen molar-refractivity contribution >= 4 is 75.9 Å². The summed E-state index contributed by atoms with van der Waals surface area (Å²) >= 11 is 0. The van der Waals surface area contributed by atoms with Gasteiger partial charge in [-0.25, -0.2) is 15.0 Å². The van der Waals surface area contributed by atoms with Crippen molar-refractivity contribution in [3.63, 3.8) is 0 Å².